The van der Waals surface area contributed by atoms with Gasteiger partial charge in [-0.2, -0.15) is 0 Å². The summed E-state index contributed by atoms with van der Waals surface area (Å²) in [5.74, 6) is 0.00394. The largest absolute Gasteiger partial charge is 0.320 e. The highest BCUT2D eigenvalue weighted by Crippen LogP contribution is 2.18. The van der Waals surface area contributed by atoms with Crippen molar-refractivity contribution in [3.63, 3.8) is 0 Å². The Labute approximate surface area is 82.7 Å². The smallest absolute Gasteiger partial charge is 0.243 e. The molecule has 1 aromatic heterocycles. The van der Waals surface area contributed by atoms with Crippen molar-refractivity contribution >= 4 is 11.6 Å². The van der Waals surface area contributed by atoms with Crippen LogP contribution in [0.1, 0.15) is 12.8 Å². The molecule has 1 fully saturated rings. The van der Waals surface area contributed by atoms with Gasteiger partial charge in [0.15, 0.2) is 0 Å². The fourth-order valence-corrected chi connectivity index (χ4v) is 1.67. The number of nitrogens with two attached hydrogens (primary N) is 1. The molecule has 4 heteroatoms. The average Bonchev–Trinajstić information content (AvgIpc) is 2.23. The summed E-state index contributed by atoms with van der Waals surface area (Å²) in [5.41, 5.74) is 6.53. The summed E-state index contributed by atoms with van der Waals surface area (Å²) in [6.45, 7) is 0.748. The molecule has 1 saturated heterocycles. The highest BCUT2D eigenvalue weighted by atomic mass is 16.2. The molecule has 0 bridgehead atoms. The van der Waals surface area contributed by atoms with Crippen molar-refractivity contribution in [3.8, 4) is 0 Å². The van der Waals surface area contributed by atoms with Crippen molar-refractivity contribution in [1.29, 1.82) is 0 Å². The first kappa shape index (κ1) is 9.15. The lowest BCUT2D eigenvalue weighted by Crippen LogP contribution is -2.48. The molecule has 2 rings (SSSR count). The van der Waals surface area contributed by atoms with Gasteiger partial charge in [-0.1, -0.05) is 0 Å². The fraction of sp³-hybridized carbons (Fsp3) is 0.400. The Balaban J connectivity index is 2.22. The zero-order valence-electron chi connectivity index (χ0n) is 7.89. The van der Waals surface area contributed by atoms with Crippen LogP contribution < -0.4 is 10.6 Å². The monoisotopic (exact) mass is 191 g/mol. The summed E-state index contributed by atoms with van der Waals surface area (Å²) in [4.78, 5) is 17.4. The Bertz CT molecular complexity index is 325. The first-order valence-corrected chi connectivity index (χ1v) is 4.76. The number of carbonyl (C=O) groups excluding carboxylic acids is 1. The van der Waals surface area contributed by atoms with E-state index < -0.39 is 0 Å². The van der Waals surface area contributed by atoms with E-state index >= 15 is 0 Å². The molecule has 74 valence electrons. The normalized spacial score (nSPS) is 22.5. The van der Waals surface area contributed by atoms with Crippen LogP contribution in [0.5, 0.6) is 0 Å². The zero-order chi connectivity index (χ0) is 9.97. The molecule has 1 aromatic rings. The highest BCUT2D eigenvalue weighted by Gasteiger charge is 2.26. The van der Waals surface area contributed by atoms with Crippen LogP contribution in [0.25, 0.3) is 0 Å². The summed E-state index contributed by atoms with van der Waals surface area (Å²) in [6.07, 6.45) is 5.13. The molecule has 1 aliphatic heterocycles. The Morgan fingerprint density at radius 3 is 3.14 bits per heavy atom. The summed E-state index contributed by atoms with van der Waals surface area (Å²) in [5, 5.41) is 0. The molecule has 0 spiro atoms. The number of pyridine rings is 1. The van der Waals surface area contributed by atoms with Gasteiger partial charge >= 0.3 is 0 Å². The molecule has 0 aliphatic carbocycles. The molecule has 0 saturated carbocycles. The van der Waals surface area contributed by atoms with E-state index in [2.05, 4.69) is 4.98 Å². The number of carbonyl (C=O) groups is 1. The van der Waals surface area contributed by atoms with Gasteiger partial charge in [0.05, 0.1) is 17.9 Å². The Kier molecular flexibility index (Phi) is 2.45. The van der Waals surface area contributed by atoms with Gasteiger partial charge in [-0.05, 0) is 25.0 Å². The van der Waals surface area contributed by atoms with Gasteiger partial charge in [-0.3, -0.25) is 9.78 Å². The molecular weight excluding hydrogens is 178 g/mol. The van der Waals surface area contributed by atoms with Crippen LogP contribution in [0.4, 0.5) is 5.69 Å². The quantitative estimate of drug-likeness (QED) is 0.704. The van der Waals surface area contributed by atoms with E-state index in [9.17, 15) is 4.79 Å². The van der Waals surface area contributed by atoms with E-state index in [1.807, 2.05) is 12.1 Å². The maximum atomic E-state index is 11.7. The third kappa shape index (κ3) is 1.61. The van der Waals surface area contributed by atoms with E-state index in [-0.39, 0.29) is 11.9 Å². The van der Waals surface area contributed by atoms with E-state index in [1.54, 1.807) is 17.3 Å². The first-order valence-electron chi connectivity index (χ1n) is 4.76. The van der Waals surface area contributed by atoms with Crippen LogP contribution in [-0.4, -0.2) is 23.5 Å². The minimum Gasteiger partial charge on any atom is -0.320 e. The maximum Gasteiger partial charge on any atom is 0.243 e. The molecule has 4 nitrogen and oxygen atoms in total. The standard InChI is InChI=1S/C10H13N3O/c11-9-4-2-6-13(10(9)14)8-3-1-5-12-7-8/h1,3,5,7,9H,2,4,6,11H2/t9-/m0/s1. The van der Waals surface area contributed by atoms with Crippen LogP contribution in [0, 0.1) is 0 Å². The summed E-state index contributed by atoms with van der Waals surface area (Å²) >= 11 is 0. The van der Waals surface area contributed by atoms with Crippen molar-refractivity contribution in [2.75, 3.05) is 11.4 Å². The Morgan fingerprint density at radius 1 is 1.57 bits per heavy atom. The summed E-state index contributed by atoms with van der Waals surface area (Å²) in [7, 11) is 0. The second kappa shape index (κ2) is 3.75. The minimum atomic E-state index is -0.344. The number of hydrogen-bond acceptors (Lipinski definition) is 3. The SMILES string of the molecule is N[C@H]1CCCN(c2cccnc2)C1=O. The predicted octanol–water partition coefficient (Wildman–Crippen LogP) is 0.536. The third-order valence-electron chi connectivity index (χ3n) is 2.44. The Hall–Kier alpha value is -1.42. The van der Waals surface area contributed by atoms with Gasteiger partial charge in [-0.15, -0.1) is 0 Å². The predicted molar refractivity (Wildman–Crippen MR) is 53.8 cm³/mol. The van der Waals surface area contributed by atoms with Crippen molar-refractivity contribution in [1.82, 2.24) is 4.98 Å². The highest BCUT2D eigenvalue weighted by molar-refractivity contribution is 5.97. The van der Waals surface area contributed by atoms with Gasteiger partial charge in [-0.25, -0.2) is 0 Å². The number of amides is 1. The average molecular weight is 191 g/mol. The first-order chi connectivity index (χ1) is 6.79. The molecule has 0 radical (unpaired) electrons. The molecule has 0 aromatic carbocycles. The van der Waals surface area contributed by atoms with Crippen molar-refractivity contribution in [3.05, 3.63) is 24.5 Å². The zero-order valence-corrected chi connectivity index (χ0v) is 7.89. The lowest BCUT2D eigenvalue weighted by atomic mass is 10.1. The van der Waals surface area contributed by atoms with Crippen molar-refractivity contribution in [2.45, 2.75) is 18.9 Å². The lowest BCUT2D eigenvalue weighted by Gasteiger charge is -2.30. The second-order valence-corrected chi connectivity index (χ2v) is 3.45. The number of aromatic nitrogens is 1. The number of nitrogens with zero attached hydrogens (tertiary/aromatic N) is 2. The molecule has 1 atom stereocenters. The van der Waals surface area contributed by atoms with Crippen LogP contribution >= 0.6 is 0 Å². The molecule has 0 unspecified atom stereocenters. The molecule has 1 aliphatic rings. The van der Waals surface area contributed by atoms with Crippen LogP contribution in [0.15, 0.2) is 24.5 Å². The van der Waals surface area contributed by atoms with Crippen LogP contribution in [0.3, 0.4) is 0 Å². The van der Waals surface area contributed by atoms with Crippen molar-refractivity contribution in [2.24, 2.45) is 5.73 Å². The van der Waals surface area contributed by atoms with Crippen molar-refractivity contribution < 1.29 is 4.79 Å². The van der Waals surface area contributed by atoms with E-state index in [0.29, 0.717) is 0 Å². The number of rotatable bonds is 1. The van der Waals surface area contributed by atoms with Gasteiger partial charge in [0.25, 0.3) is 0 Å². The number of hydrogen-bond donors (Lipinski definition) is 1. The minimum absolute atomic E-state index is 0.00394. The maximum absolute atomic E-state index is 11.7. The van der Waals surface area contributed by atoms with Gasteiger partial charge in [0.1, 0.15) is 0 Å². The molecular formula is C10H13N3O. The lowest BCUT2D eigenvalue weighted by molar-refractivity contribution is -0.120. The van der Waals surface area contributed by atoms with E-state index in [1.165, 1.54) is 0 Å². The molecule has 1 amide bonds. The van der Waals surface area contributed by atoms with Gasteiger partial charge in [0.2, 0.25) is 5.91 Å². The second-order valence-electron chi connectivity index (χ2n) is 3.45. The Morgan fingerprint density at radius 2 is 2.43 bits per heavy atom. The molecule has 2 heterocycles. The summed E-state index contributed by atoms with van der Waals surface area (Å²) in [6, 6.07) is 3.36. The van der Waals surface area contributed by atoms with Gasteiger partial charge in [0, 0.05) is 12.7 Å². The summed E-state index contributed by atoms with van der Waals surface area (Å²) < 4.78 is 0. The molecule has 14 heavy (non-hydrogen) atoms. The third-order valence-corrected chi connectivity index (χ3v) is 2.44. The number of anilines is 1. The molecule has 2 N–H and O–H groups in total. The fourth-order valence-electron chi connectivity index (χ4n) is 1.67. The topological polar surface area (TPSA) is 59.2 Å². The van der Waals surface area contributed by atoms with E-state index in [0.717, 1.165) is 25.1 Å². The van der Waals surface area contributed by atoms with Crippen LogP contribution in [0.2, 0.25) is 0 Å². The van der Waals surface area contributed by atoms with E-state index in [4.69, 9.17) is 5.73 Å². The van der Waals surface area contributed by atoms with Gasteiger partial charge < -0.3 is 10.6 Å². The van der Waals surface area contributed by atoms with Crippen LogP contribution in [-0.2, 0) is 4.79 Å². The number of piperidine rings is 1.